The van der Waals surface area contributed by atoms with E-state index in [4.69, 9.17) is 5.11 Å². The average Bonchev–Trinajstić information content (AvgIpc) is 2.92. The molecule has 0 saturated carbocycles. The summed E-state index contributed by atoms with van der Waals surface area (Å²) in [6.45, 7) is 4.58. The van der Waals surface area contributed by atoms with Crippen molar-refractivity contribution < 1.29 is 5.11 Å². The maximum atomic E-state index is 12.7. The number of rotatable bonds is 3. The van der Waals surface area contributed by atoms with Gasteiger partial charge >= 0.3 is 0 Å². The number of likely N-dealkylation sites (tertiary alicyclic amines) is 1. The maximum Gasteiger partial charge on any atom is 0.259 e. The van der Waals surface area contributed by atoms with E-state index in [0.29, 0.717) is 6.54 Å². The highest BCUT2D eigenvalue weighted by Gasteiger charge is 2.30. The number of pyridine rings is 1. The van der Waals surface area contributed by atoms with Crippen LogP contribution >= 0.6 is 0 Å². The van der Waals surface area contributed by atoms with Crippen molar-refractivity contribution in [3.8, 4) is 0 Å². The predicted molar refractivity (Wildman–Crippen MR) is 89.8 cm³/mol. The zero-order valence-electron chi connectivity index (χ0n) is 13.4. The standard InChI is InChI=1S/C17H20N4O2/c1-11-3-4-13-14(7-11)17(23)19(2)16-15(13)8-18-21(16)12-9-20(10-12)5-6-22/h3-4,7-8,12,22H,5-6,9-10H2,1-2H3. The molecule has 0 aliphatic carbocycles. The van der Waals surface area contributed by atoms with E-state index in [2.05, 4.69) is 10.00 Å². The van der Waals surface area contributed by atoms with Crippen LogP contribution in [0.1, 0.15) is 11.6 Å². The number of benzene rings is 1. The van der Waals surface area contributed by atoms with E-state index >= 15 is 0 Å². The second kappa shape index (κ2) is 5.18. The molecular weight excluding hydrogens is 292 g/mol. The van der Waals surface area contributed by atoms with Gasteiger partial charge in [0.25, 0.3) is 5.56 Å². The van der Waals surface area contributed by atoms with Gasteiger partial charge in [-0.05, 0) is 18.4 Å². The topological polar surface area (TPSA) is 63.3 Å². The fourth-order valence-electron chi connectivity index (χ4n) is 3.52. The summed E-state index contributed by atoms with van der Waals surface area (Å²) in [6.07, 6.45) is 1.86. The highest BCUT2D eigenvalue weighted by molar-refractivity contribution is 6.04. The summed E-state index contributed by atoms with van der Waals surface area (Å²) in [7, 11) is 1.81. The van der Waals surface area contributed by atoms with Gasteiger partial charge in [0.2, 0.25) is 0 Å². The molecule has 1 fully saturated rings. The second-order valence-corrected chi connectivity index (χ2v) is 6.38. The summed E-state index contributed by atoms with van der Waals surface area (Å²) in [5, 5.41) is 16.3. The molecule has 6 heteroatoms. The molecule has 2 aromatic heterocycles. The van der Waals surface area contributed by atoms with Crippen molar-refractivity contribution in [2.45, 2.75) is 13.0 Å². The van der Waals surface area contributed by atoms with Crippen LogP contribution in [0.4, 0.5) is 0 Å². The van der Waals surface area contributed by atoms with Gasteiger partial charge in [-0.15, -0.1) is 0 Å². The maximum absolute atomic E-state index is 12.7. The number of β-amino-alcohol motifs (C(OH)–C–C–N with tert-alkyl or cyclic N) is 1. The molecule has 1 aromatic carbocycles. The van der Waals surface area contributed by atoms with Gasteiger partial charge in [-0.1, -0.05) is 17.7 Å². The van der Waals surface area contributed by atoms with E-state index in [1.54, 1.807) is 4.57 Å². The molecule has 3 aromatic rings. The van der Waals surface area contributed by atoms with Crippen molar-refractivity contribution in [3.05, 3.63) is 40.3 Å². The van der Waals surface area contributed by atoms with Crippen LogP contribution in [0, 0.1) is 6.92 Å². The zero-order chi connectivity index (χ0) is 16.1. The van der Waals surface area contributed by atoms with Crippen LogP contribution in [0.15, 0.2) is 29.2 Å². The van der Waals surface area contributed by atoms with E-state index in [0.717, 1.165) is 40.5 Å². The second-order valence-electron chi connectivity index (χ2n) is 6.38. The molecule has 0 amide bonds. The van der Waals surface area contributed by atoms with E-state index in [1.165, 1.54) is 0 Å². The van der Waals surface area contributed by atoms with Crippen molar-refractivity contribution in [1.29, 1.82) is 0 Å². The number of aryl methyl sites for hydroxylation is 2. The first-order chi connectivity index (χ1) is 11.1. The molecule has 1 N–H and O–H groups in total. The Labute approximate surface area is 133 Å². The smallest absolute Gasteiger partial charge is 0.259 e. The number of aromatic nitrogens is 3. The Kier molecular flexibility index (Phi) is 3.25. The van der Waals surface area contributed by atoms with Gasteiger partial charge < -0.3 is 5.11 Å². The molecule has 4 rings (SSSR count). The minimum absolute atomic E-state index is 0.0180. The van der Waals surface area contributed by atoms with Crippen LogP contribution in [0.2, 0.25) is 0 Å². The van der Waals surface area contributed by atoms with Crippen molar-refractivity contribution in [3.63, 3.8) is 0 Å². The SMILES string of the molecule is Cc1ccc2c(c1)c(=O)n(C)c1c2cnn1C1CN(CCO)C1. The highest BCUT2D eigenvalue weighted by Crippen LogP contribution is 2.28. The van der Waals surface area contributed by atoms with Gasteiger partial charge in [0.05, 0.1) is 18.8 Å². The third-order valence-corrected chi connectivity index (χ3v) is 4.79. The summed E-state index contributed by atoms with van der Waals surface area (Å²) in [5.41, 5.74) is 1.98. The molecule has 1 aliphatic rings. The zero-order valence-corrected chi connectivity index (χ0v) is 13.4. The third kappa shape index (κ3) is 2.09. The number of aliphatic hydroxyl groups excluding tert-OH is 1. The van der Waals surface area contributed by atoms with Crippen molar-refractivity contribution in [2.75, 3.05) is 26.2 Å². The highest BCUT2D eigenvalue weighted by atomic mass is 16.3. The molecule has 0 radical (unpaired) electrons. The van der Waals surface area contributed by atoms with Crippen LogP contribution in [-0.4, -0.2) is 50.6 Å². The van der Waals surface area contributed by atoms with Gasteiger partial charge in [0.1, 0.15) is 5.65 Å². The lowest BCUT2D eigenvalue weighted by atomic mass is 10.1. The Morgan fingerprint density at radius 2 is 2.04 bits per heavy atom. The van der Waals surface area contributed by atoms with Crippen molar-refractivity contribution in [1.82, 2.24) is 19.2 Å². The normalized spacial score (nSPS) is 16.3. The number of hydrogen-bond donors (Lipinski definition) is 1. The Bertz CT molecular complexity index is 951. The summed E-state index contributed by atoms with van der Waals surface area (Å²) < 4.78 is 3.67. The molecule has 23 heavy (non-hydrogen) atoms. The molecule has 3 heterocycles. The number of aliphatic hydroxyl groups is 1. The molecule has 0 atom stereocenters. The van der Waals surface area contributed by atoms with E-state index in [9.17, 15) is 4.79 Å². The summed E-state index contributed by atoms with van der Waals surface area (Å²) in [6, 6.07) is 6.25. The fraction of sp³-hybridized carbons (Fsp3) is 0.412. The van der Waals surface area contributed by atoms with Crippen molar-refractivity contribution in [2.24, 2.45) is 7.05 Å². The van der Waals surface area contributed by atoms with Crippen LogP contribution < -0.4 is 5.56 Å². The third-order valence-electron chi connectivity index (χ3n) is 4.79. The van der Waals surface area contributed by atoms with Crippen molar-refractivity contribution >= 4 is 21.8 Å². The lowest BCUT2D eigenvalue weighted by Crippen LogP contribution is -2.49. The molecular formula is C17H20N4O2. The Morgan fingerprint density at radius 3 is 2.78 bits per heavy atom. The van der Waals surface area contributed by atoms with Gasteiger partial charge in [-0.3, -0.25) is 14.3 Å². The predicted octanol–water partition coefficient (Wildman–Crippen LogP) is 1.05. The van der Waals surface area contributed by atoms with Gasteiger partial charge in [0.15, 0.2) is 0 Å². The van der Waals surface area contributed by atoms with Gasteiger partial charge in [0, 0.05) is 37.5 Å². The minimum Gasteiger partial charge on any atom is -0.395 e. The van der Waals surface area contributed by atoms with E-state index < -0.39 is 0 Å². The Hall–Kier alpha value is -2.18. The van der Waals surface area contributed by atoms with E-state index in [-0.39, 0.29) is 18.2 Å². The van der Waals surface area contributed by atoms with Gasteiger partial charge in [-0.25, -0.2) is 4.68 Å². The molecule has 0 unspecified atom stereocenters. The summed E-state index contributed by atoms with van der Waals surface area (Å²) in [5.74, 6) is 0. The first kappa shape index (κ1) is 14.4. The molecule has 1 saturated heterocycles. The van der Waals surface area contributed by atoms with Crippen LogP contribution in [0.3, 0.4) is 0 Å². The number of fused-ring (bicyclic) bond motifs is 3. The molecule has 6 nitrogen and oxygen atoms in total. The number of nitrogens with zero attached hydrogens (tertiary/aromatic N) is 4. The molecule has 0 spiro atoms. The molecule has 0 bridgehead atoms. The van der Waals surface area contributed by atoms with E-state index in [1.807, 2.05) is 43.0 Å². The number of hydrogen-bond acceptors (Lipinski definition) is 4. The average molecular weight is 312 g/mol. The van der Waals surface area contributed by atoms with Crippen LogP contribution in [-0.2, 0) is 7.05 Å². The lowest BCUT2D eigenvalue weighted by Gasteiger charge is -2.39. The summed E-state index contributed by atoms with van der Waals surface area (Å²) in [4.78, 5) is 14.9. The molecule has 120 valence electrons. The molecule has 1 aliphatic heterocycles. The monoisotopic (exact) mass is 312 g/mol. The first-order valence-electron chi connectivity index (χ1n) is 7.90. The Balaban J connectivity index is 1.88. The van der Waals surface area contributed by atoms with Gasteiger partial charge in [-0.2, -0.15) is 5.10 Å². The summed E-state index contributed by atoms with van der Waals surface area (Å²) >= 11 is 0. The quantitative estimate of drug-likeness (QED) is 0.785. The largest absolute Gasteiger partial charge is 0.395 e. The van der Waals surface area contributed by atoms with Crippen LogP contribution in [0.5, 0.6) is 0 Å². The van der Waals surface area contributed by atoms with Crippen LogP contribution in [0.25, 0.3) is 21.8 Å². The first-order valence-corrected chi connectivity index (χ1v) is 7.90. The minimum atomic E-state index is 0.0180. The fourth-order valence-corrected chi connectivity index (χ4v) is 3.52. The Morgan fingerprint density at radius 1 is 1.26 bits per heavy atom. The lowest BCUT2D eigenvalue weighted by molar-refractivity contribution is 0.0792.